The third kappa shape index (κ3) is 4.84. The second kappa shape index (κ2) is 12.1. The van der Waals surface area contributed by atoms with E-state index >= 15 is 0 Å². The SMILES string of the molecule is C1=CC(c2nc(-c3ccc4ccccc4c3)nc(-c3cccc4oc5cc(-c6cc7ccccc7c7c6oc6ccccc67)ccc5c34)n2)Cc2ccccc21. The molecule has 5 heteroatoms. The van der Waals surface area contributed by atoms with Crippen molar-refractivity contribution in [2.24, 2.45) is 0 Å². The summed E-state index contributed by atoms with van der Waals surface area (Å²) in [7, 11) is 0. The molecule has 0 spiro atoms. The number of allylic oxidation sites excluding steroid dienone is 1. The molecule has 0 saturated carbocycles. The molecule has 0 bridgehead atoms. The topological polar surface area (TPSA) is 65.0 Å². The van der Waals surface area contributed by atoms with Crippen molar-refractivity contribution in [3.8, 4) is 33.9 Å². The van der Waals surface area contributed by atoms with Crippen molar-refractivity contribution >= 4 is 71.5 Å². The average molecular weight is 718 g/mol. The lowest BCUT2D eigenvalue weighted by Gasteiger charge is -2.19. The maximum absolute atomic E-state index is 6.67. The first-order valence-electron chi connectivity index (χ1n) is 19.0. The number of rotatable bonds is 4. The molecule has 8 aromatic carbocycles. The minimum atomic E-state index is 0.00532. The molecule has 1 unspecified atom stereocenters. The van der Waals surface area contributed by atoms with E-state index in [1.165, 1.54) is 21.9 Å². The maximum Gasteiger partial charge on any atom is 0.164 e. The van der Waals surface area contributed by atoms with Crippen molar-refractivity contribution in [3.05, 3.63) is 181 Å². The Morgan fingerprint density at radius 3 is 2.16 bits per heavy atom. The minimum Gasteiger partial charge on any atom is -0.456 e. The monoisotopic (exact) mass is 717 g/mol. The first-order chi connectivity index (χ1) is 27.7. The highest BCUT2D eigenvalue weighted by atomic mass is 16.3. The first-order valence-corrected chi connectivity index (χ1v) is 19.0. The zero-order valence-electron chi connectivity index (χ0n) is 30.1. The van der Waals surface area contributed by atoms with E-state index in [-0.39, 0.29) is 5.92 Å². The lowest BCUT2D eigenvalue weighted by molar-refractivity contribution is 0.668. The van der Waals surface area contributed by atoms with Crippen molar-refractivity contribution < 1.29 is 8.83 Å². The maximum atomic E-state index is 6.67. The van der Waals surface area contributed by atoms with Gasteiger partial charge in [0.25, 0.3) is 0 Å². The number of aromatic nitrogens is 3. The summed E-state index contributed by atoms with van der Waals surface area (Å²) in [6.07, 6.45) is 5.24. The molecule has 1 atom stereocenters. The minimum absolute atomic E-state index is 0.00532. The molecule has 3 heterocycles. The number of fused-ring (bicyclic) bond motifs is 10. The van der Waals surface area contributed by atoms with Crippen LogP contribution in [0.2, 0.25) is 0 Å². The summed E-state index contributed by atoms with van der Waals surface area (Å²) in [6.45, 7) is 0. The third-order valence-corrected chi connectivity index (χ3v) is 11.4. The van der Waals surface area contributed by atoms with Gasteiger partial charge in [-0.25, -0.2) is 15.0 Å². The molecule has 1 aliphatic carbocycles. The lowest BCUT2D eigenvalue weighted by Crippen LogP contribution is -2.12. The van der Waals surface area contributed by atoms with Gasteiger partial charge in [-0.05, 0) is 81.1 Å². The van der Waals surface area contributed by atoms with E-state index in [2.05, 4.69) is 146 Å². The van der Waals surface area contributed by atoms with Gasteiger partial charge in [-0.1, -0.05) is 133 Å². The molecule has 1 aliphatic rings. The van der Waals surface area contributed by atoms with Crippen LogP contribution in [0.5, 0.6) is 0 Å². The Hall–Kier alpha value is -7.37. The summed E-state index contributed by atoms with van der Waals surface area (Å²) in [4.78, 5) is 15.6. The zero-order chi connectivity index (χ0) is 36.7. The van der Waals surface area contributed by atoms with Crippen LogP contribution in [0.25, 0.3) is 105 Å². The Bertz CT molecular complexity index is 3430. The van der Waals surface area contributed by atoms with Gasteiger partial charge < -0.3 is 8.83 Å². The van der Waals surface area contributed by atoms with Crippen molar-refractivity contribution in [2.45, 2.75) is 12.3 Å². The standard InChI is InChI=1S/C51H31N3O2/c1-3-12-32-26-36(22-20-30(32)10-1)49-52-50(37-23-21-31-11-2-4-13-33(31)27-37)54-51(53-49)41-17-9-19-44-46(41)40-25-24-35(29-45(40)55-44)42-28-34-14-5-6-15-38(34)47-39-16-7-8-18-43(39)56-48(42)47/h1-26,28-29,37H,27H2. The highest BCUT2D eigenvalue weighted by molar-refractivity contribution is 6.23. The molecule has 262 valence electrons. The number of benzene rings is 8. The second-order valence-corrected chi connectivity index (χ2v) is 14.7. The van der Waals surface area contributed by atoms with Gasteiger partial charge in [0.1, 0.15) is 28.2 Å². The van der Waals surface area contributed by atoms with E-state index in [1.807, 2.05) is 24.3 Å². The lowest BCUT2D eigenvalue weighted by atomic mass is 9.89. The number of hydrogen-bond acceptors (Lipinski definition) is 5. The van der Waals surface area contributed by atoms with Crippen LogP contribution in [0.4, 0.5) is 0 Å². The smallest absolute Gasteiger partial charge is 0.164 e. The molecular weight excluding hydrogens is 687 g/mol. The molecule has 0 N–H and O–H groups in total. The fourth-order valence-electron chi connectivity index (χ4n) is 8.69. The summed E-state index contributed by atoms with van der Waals surface area (Å²) in [5.74, 6) is 2.04. The van der Waals surface area contributed by atoms with Crippen LogP contribution in [0, 0.1) is 0 Å². The van der Waals surface area contributed by atoms with Crippen LogP contribution in [-0.4, -0.2) is 15.0 Å². The predicted octanol–water partition coefficient (Wildman–Crippen LogP) is 13.3. The van der Waals surface area contributed by atoms with Crippen LogP contribution in [0.1, 0.15) is 22.9 Å². The highest BCUT2D eigenvalue weighted by Crippen LogP contribution is 2.43. The van der Waals surface area contributed by atoms with Gasteiger partial charge in [-0.15, -0.1) is 0 Å². The number of furan rings is 2. The molecule has 3 aromatic heterocycles. The van der Waals surface area contributed by atoms with Gasteiger partial charge in [0.15, 0.2) is 11.6 Å². The Morgan fingerprint density at radius 1 is 0.464 bits per heavy atom. The van der Waals surface area contributed by atoms with Gasteiger partial charge in [-0.2, -0.15) is 0 Å². The number of hydrogen-bond donors (Lipinski definition) is 0. The molecule has 56 heavy (non-hydrogen) atoms. The van der Waals surface area contributed by atoms with E-state index in [0.717, 1.165) is 89.1 Å². The van der Waals surface area contributed by atoms with Crippen LogP contribution in [-0.2, 0) is 6.42 Å². The van der Waals surface area contributed by atoms with Crippen LogP contribution in [0.15, 0.2) is 173 Å². The van der Waals surface area contributed by atoms with Crippen molar-refractivity contribution in [1.82, 2.24) is 15.0 Å². The molecule has 0 amide bonds. The summed E-state index contributed by atoms with van der Waals surface area (Å²) in [5, 5.41) is 8.89. The molecule has 0 aliphatic heterocycles. The van der Waals surface area contributed by atoms with E-state index < -0.39 is 0 Å². The van der Waals surface area contributed by atoms with E-state index in [4.69, 9.17) is 23.8 Å². The molecule has 0 fully saturated rings. The van der Waals surface area contributed by atoms with Crippen molar-refractivity contribution in [1.29, 1.82) is 0 Å². The van der Waals surface area contributed by atoms with E-state index in [0.29, 0.717) is 11.6 Å². The fourth-order valence-corrected chi connectivity index (χ4v) is 8.69. The van der Waals surface area contributed by atoms with Crippen molar-refractivity contribution in [2.75, 3.05) is 0 Å². The number of nitrogens with zero attached hydrogens (tertiary/aromatic N) is 3. The van der Waals surface area contributed by atoms with Crippen molar-refractivity contribution in [3.63, 3.8) is 0 Å². The van der Waals surface area contributed by atoms with Gasteiger partial charge in [-0.3, -0.25) is 0 Å². The normalized spacial score (nSPS) is 14.1. The average Bonchev–Trinajstić information content (AvgIpc) is 3.84. The summed E-state index contributed by atoms with van der Waals surface area (Å²) in [5.41, 5.74) is 9.77. The van der Waals surface area contributed by atoms with Crippen LogP contribution < -0.4 is 0 Å². The van der Waals surface area contributed by atoms with E-state index in [1.54, 1.807) is 0 Å². The Kier molecular flexibility index (Phi) is 6.69. The molecule has 11 aromatic rings. The first kappa shape index (κ1) is 31.0. The molecule has 5 nitrogen and oxygen atoms in total. The zero-order valence-corrected chi connectivity index (χ0v) is 30.1. The van der Waals surface area contributed by atoms with Crippen LogP contribution >= 0.6 is 0 Å². The largest absolute Gasteiger partial charge is 0.456 e. The van der Waals surface area contributed by atoms with E-state index in [9.17, 15) is 0 Å². The van der Waals surface area contributed by atoms with Gasteiger partial charge in [0.2, 0.25) is 0 Å². The van der Waals surface area contributed by atoms with Gasteiger partial charge >= 0.3 is 0 Å². The summed E-state index contributed by atoms with van der Waals surface area (Å²) >= 11 is 0. The Morgan fingerprint density at radius 2 is 1.21 bits per heavy atom. The molecule has 0 saturated heterocycles. The second-order valence-electron chi connectivity index (χ2n) is 14.7. The summed E-state index contributed by atoms with van der Waals surface area (Å²) < 4.78 is 13.3. The number of para-hydroxylation sites is 1. The van der Waals surface area contributed by atoms with Crippen LogP contribution in [0.3, 0.4) is 0 Å². The molecular formula is C51H31N3O2. The Balaban J connectivity index is 1.04. The van der Waals surface area contributed by atoms with Gasteiger partial charge in [0.05, 0.1) is 0 Å². The predicted molar refractivity (Wildman–Crippen MR) is 228 cm³/mol. The molecule has 0 radical (unpaired) electrons. The highest BCUT2D eigenvalue weighted by Gasteiger charge is 2.23. The molecule has 12 rings (SSSR count). The fraction of sp³-hybridized carbons (Fsp3) is 0.0392. The van der Waals surface area contributed by atoms with Gasteiger partial charge in [0, 0.05) is 44.2 Å². The summed E-state index contributed by atoms with van der Waals surface area (Å²) in [6, 6.07) is 55.0. The Labute approximate surface area is 321 Å². The quantitative estimate of drug-likeness (QED) is 0.181. The third-order valence-electron chi connectivity index (χ3n) is 11.4.